The van der Waals surface area contributed by atoms with E-state index in [1.165, 1.54) is 0 Å². The zero-order chi connectivity index (χ0) is 17.3. The Kier molecular flexibility index (Phi) is 4.63. The number of carbonyl (C=O) groups is 2. The highest BCUT2D eigenvalue weighted by atomic mass is 79.9. The van der Waals surface area contributed by atoms with Gasteiger partial charge in [-0.2, -0.15) is 8.75 Å². The van der Waals surface area contributed by atoms with Crippen LogP contribution < -0.4 is 5.32 Å². The van der Waals surface area contributed by atoms with Gasteiger partial charge in [-0.3, -0.25) is 4.79 Å². The minimum absolute atomic E-state index is 0.283. The van der Waals surface area contributed by atoms with Crippen LogP contribution in [0.5, 0.6) is 0 Å². The number of nitrogens with one attached hydrogen (secondary N) is 1. The maximum Gasteiger partial charge on any atom is 0.343 e. The van der Waals surface area contributed by atoms with Gasteiger partial charge in [0.05, 0.1) is 21.9 Å². The van der Waals surface area contributed by atoms with Crippen molar-refractivity contribution in [1.29, 1.82) is 0 Å². The fourth-order valence-electron chi connectivity index (χ4n) is 2.19. The van der Waals surface area contributed by atoms with Crippen LogP contribution in [-0.2, 0) is 9.53 Å². The molecule has 0 unspecified atom stereocenters. The predicted octanol–water partition coefficient (Wildman–Crippen LogP) is 3.46. The van der Waals surface area contributed by atoms with Crippen molar-refractivity contribution in [2.75, 3.05) is 11.9 Å². The lowest BCUT2D eigenvalue weighted by atomic mass is 10.2. The van der Waals surface area contributed by atoms with E-state index in [1.54, 1.807) is 32.0 Å². The second-order valence-electron chi connectivity index (χ2n) is 4.97. The van der Waals surface area contributed by atoms with Gasteiger partial charge in [-0.15, -0.1) is 0 Å². The highest BCUT2D eigenvalue weighted by Crippen LogP contribution is 2.28. The van der Waals surface area contributed by atoms with Crippen LogP contribution in [0.2, 0.25) is 0 Å². The van der Waals surface area contributed by atoms with E-state index in [1.807, 2.05) is 0 Å². The zero-order valence-corrected chi connectivity index (χ0v) is 15.2. The molecule has 0 fully saturated rings. The Morgan fingerprint density at radius 3 is 2.79 bits per heavy atom. The van der Waals surface area contributed by atoms with Crippen LogP contribution in [0.1, 0.15) is 21.9 Å². The highest BCUT2D eigenvalue weighted by Gasteiger charge is 2.22. The minimum Gasteiger partial charge on any atom is -0.465 e. The quantitative estimate of drug-likeness (QED) is 0.662. The Morgan fingerprint density at radius 1 is 1.29 bits per heavy atom. The lowest BCUT2D eigenvalue weighted by Gasteiger charge is -2.07. The van der Waals surface area contributed by atoms with Crippen molar-refractivity contribution < 1.29 is 18.7 Å². The molecule has 2 heterocycles. The van der Waals surface area contributed by atoms with Crippen molar-refractivity contribution in [2.45, 2.75) is 13.8 Å². The number of aryl methyl sites for hydroxylation is 2. The number of nitrogens with zero attached hydrogens (tertiary/aromatic N) is 2. The van der Waals surface area contributed by atoms with Gasteiger partial charge < -0.3 is 14.5 Å². The number of fused-ring (bicyclic) bond motifs is 1. The number of esters is 1. The molecule has 3 aromatic rings. The summed E-state index contributed by atoms with van der Waals surface area (Å²) in [5, 5.41) is 2.67. The zero-order valence-electron chi connectivity index (χ0n) is 12.8. The van der Waals surface area contributed by atoms with E-state index in [2.05, 4.69) is 30.0 Å². The molecule has 0 aliphatic heterocycles. The molecule has 1 aromatic carbocycles. The van der Waals surface area contributed by atoms with Crippen molar-refractivity contribution in [3.05, 3.63) is 39.8 Å². The number of ether oxygens (including phenoxy) is 1. The van der Waals surface area contributed by atoms with Crippen molar-refractivity contribution in [3.63, 3.8) is 0 Å². The molecule has 0 atom stereocenters. The van der Waals surface area contributed by atoms with Crippen LogP contribution >= 0.6 is 27.7 Å². The fourth-order valence-corrected chi connectivity index (χ4v) is 3.26. The third-order valence-electron chi connectivity index (χ3n) is 3.29. The number of rotatable bonds is 4. The van der Waals surface area contributed by atoms with Gasteiger partial charge in [-0.1, -0.05) is 6.07 Å². The molecule has 7 nitrogen and oxygen atoms in total. The first kappa shape index (κ1) is 16.6. The first-order valence-corrected chi connectivity index (χ1v) is 8.43. The largest absolute Gasteiger partial charge is 0.465 e. The van der Waals surface area contributed by atoms with Crippen LogP contribution in [0.4, 0.5) is 5.69 Å². The molecule has 24 heavy (non-hydrogen) atoms. The Labute approximate surface area is 149 Å². The first-order valence-electron chi connectivity index (χ1n) is 6.91. The number of aromatic nitrogens is 2. The van der Waals surface area contributed by atoms with Gasteiger partial charge in [-0.25, -0.2) is 4.79 Å². The maximum absolute atomic E-state index is 12.1. The Balaban J connectivity index is 1.65. The molecule has 124 valence electrons. The van der Waals surface area contributed by atoms with Crippen molar-refractivity contribution in [3.8, 4) is 0 Å². The number of amides is 1. The van der Waals surface area contributed by atoms with E-state index in [9.17, 15) is 9.59 Å². The first-order chi connectivity index (χ1) is 11.5. The number of benzene rings is 1. The van der Waals surface area contributed by atoms with Crippen LogP contribution in [-0.4, -0.2) is 27.2 Å². The fraction of sp³-hybridized carbons (Fsp3) is 0.200. The van der Waals surface area contributed by atoms with Gasteiger partial charge >= 0.3 is 5.97 Å². The summed E-state index contributed by atoms with van der Waals surface area (Å²) >= 11 is 4.34. The summed E-state index contributed by atoms with van der Waals surface area (Å²) in [4.78, 5) is 24.1. The van der Waals surface area contributed by atoms with Crippen molar-refractivity contribution in [1.82, 2.24) is 8.75 Å². The molecular weight excluding hydrogens is 398 g/mol. The summed E-state index contributed by atoms with van der Waals surface area (Å²) in [7, 11) is 0. The molecule has 0 bridgehead atoms. The minimum atomic E-state index is -0.625. The average Bonchev–Trinajstić information content (AvgIpc) is 3.11. The molecule has 2 aromatic heterocycles. The average molecular weight is 410 g/mol. The van der Waals surface area contributed by atoms with Crippen LogP contribution in [0.15, 0.2) is 27.1 Å². The van der Waals surface area contributed by atoms with E-state index in [4.69, 9.17) is 9.15 Å². The van der Waals surface area contributed by atoms with Gasteiger partial charge in [0, 0.05) is 0 Å². The van der Waals surface area contributed by atoms with Crippen LogP contribution in [0.3, 0.4) is 0 Å². The molecule has 1 amide bonds. The molecule has 0 aliphatic rings. The van der Waals surface area contributed by atoms with Crippen molar-refractivity contribution in [2.24, 2.45) is 0 Å². The number of anilines is 1. The maximum atomic E-state index is 12.1. The Bertz CT molecular complexity index is 934. The summed E-state index contributed by atoms with van der Waals surface area (Å²) in [6.45, 7) is 2.97. The SMILES string of the molecule is Cc1oc(C)c(C(=O)OCC(=O)Nc2cccc3nsnc23)c1Br. The molecule has 3 rings (SSSR count). The van der Waals surface area contributed by atoms with Crippen molar-refractivity contribution >= 4 is 56.3 Å². The predicted molar refractivity (Wildman–Crippen MR) is 92.2 cm³/mol. The topological polar surface area (TPSA) is 94.3 Å². The van der Waals surface area contributed by atoms with E-state index in [-0.39, 0.29) is 5.56 Å². The Morgan fingerprint density at radius 2 is 2.08 bits per heavy atom. The second-order valence-corrected chi connectivity index (χ2v) is 6.29. The van der Waals surface area contributed by atoms with E-state index in [0.29, 0.717) is 32.7 Å². The summed E-state index contributed by atoms with van der Waals surface area (Å²) in [6.07, 6.45) is 0. The molecule has 9 heteroatoms. The van der Waals surface area contributed by atoms with E-state index >= 15 is 0 Å². The third-order valence-corrected chi connectivity index (χ3v) is 4.78. The molecule has 0 saturated carbocycles. The number of hydrogen-bond acceptors (Lipinski definition) is 7. The number of carbonyl (C=O) groups excluding carboxylic acids is 2. The number of furan rings is 1. The van der Waals surface area contributed by atoms with E-state index in [0.717, 1.165) is 11.7 Å². The summed E-state index contributed by atoms with van der Waals surface area (Å²) in [6, 6.07) is 5.28. The van der Waals surface area contributed by atoms with Gasteiger partial charge in [-0.05, 0) is 41.9 Å². The van der Waals surface area contributed by atoms with Crippen LogP contribution in [0, 0.1) is 13.8 Å². The van der Waals surface area contributed by atoms with Crippen LogP contribution in [0.25, 0.3) is 11.0 Å². The molecule has 0 saturated heterocycles. The summed E-state index contributed by atoms with van der Waals surface area (Å²) < 4.78 is 19.2. The van der Waals surface area contributed by atoms with E-state index < -0.39 is 18.5 Å². The second kappa shape index (κ2) is 6.70. The lowest BCUT2D eigenvalue weighted by Crippen LogP contribution is -2.21. The smallest absolute Gasteiger partial charge is 0.343 e. The molecule has 0 spiro atoms. The lowest BCUT2D eigenvalue weighted by molar-refractivity contribution is -0.119. The third kappa shape index (κ3) is 3.17. The molecule has 0 aliphatic carbocycles. The number of halogens is 1. The molecule has 0 radical (unpaired) electrons. The summed E-state index contributed by atoms with van der Waals surface area (Å²) in [5.74, 6) is -0.0764. The van der Waals surface area contributed by atoms with Gasteiger partial charge in [0.2, 0.25) is 0 Å². The molecular formula is C15H12BrN3O4S. The summed E-state index contributed by atoms with van der Waals surface area (Å²) in [5.41, 5.74) is 2.11. The van der Waals surface area contributed by atoms with Gasteiger partial charge in [0.1, 0.15) is 28.1 Å². The Hall–Kier alpha value is -2.26. The monoisotopic (exact) mass is 409 g/mol. The standard InChI is InChI=1S/C15H12BrN3O4S/c1-7-12(13(16)8(2)23-7)15(21)22-6-11(20)17-9-4-3-5-10-14(9)19-24-18-10/h3-5H,6H2,1-2H3,(H,17,20). The normalized spacial score (nSPS) is 10.8. The molecule has 1 N–H and O–H groups in total. The number of hydrogen-bond donors (Lipinski definition) is 1. The van der Waals surface area contributed by atoms with Gasteiger partial charge in [0.15, 0.2) is 6.61 Å². The van der Waals surface area contributed by atoms with Gasteiger partial charge in [0.25, 0.3) is 5.91 Å². The highest BCUT2D eigenvalue weighted by molar-refractivity contribution is 9.10.